The number of halogens is 1. The molecular formula is C23H24FN3O2. The van der Waals surface area contributed by atoms with E-state index in [0.29, 0.717) is 31.5 Å². The molecule has 0 unspecified atom stereocenters. The topological polar surface area (TPSA) is 54.3 Å². The fourth-order valence-corrected chi connectivity index (χ4v) is 3.92. The zero-order valence-electron chi connectivity index (χ0n) is 16.4. The smallest absolute Gasteiger partial charge is 0.253 e. The van der Waals surface area contributed by atoms with Gasteiger partial charge in [-0.05, 0) is 68.3 Å². The number of rotatable bonds is 4. The van der Waals surface area contributed by atoms with Crippen molar-refractivity contribution in [2.24, 2.45) is 5.92 Å². The van der Waals surface area contributed by atoms with Gasteiger partial charge in [-0.15, -0.1) is 0 Å². The minimum Gasteiger partial charge on any atom is -0.348 e. The number of aryl methyl sites for hydroxylation is 1. The van der Waals surface area contributed by atoms with Gasteiger partial charge in [-0.1, -0.05) is 0 Å². The van der Waals surface area contributed by atoms with Crippen molar-refractivity contribution in [3.05, 3.63) is 66.1 Å². The van der Waals surface area contributed by atoms with E-state index in [2.05, 4.69) is 16.8 Å². The number of likely N-dealkylation sites (tertiary alicyclic amines) is 1. The van der Waals surface area contributed by atoms with Crippen LogP contribution in [-0.2, 0) is 11.3 Å². The highest BCUT2D eigenvalue weighted by molar-refractivity contribution is 5.96. The first kappa shape index (κ1) is 19.2. The van der Waals surface area contributed by atoms with E-state index in [-0.39, 0.29) is 23.5 Å². The quantitative estimate of drug-likeness (QED) is 0.719. The maximum atomic E-state index is 13.0. The normalized spacial score (nSPS) is 14.9. The van der Waals surface area contributed by atoms with E-state index in [9.17, 15) is 14.0 Å². The SMILES string of the molecule is CCn1ccc2cc(NC(=O)C3CCN(C(=O)c4ccc(F)cc4)CC3)ccc21. The third kappa shape index (κ3) is 4.01. The van der Waals surface area contributed by atoms with Crippen LogP contribution in [0.15, 0.2) is 54.7 Å². The Morgan fingerprint density at radius 1 is 1.07 bits per heavy atom. The van der Waals surface area contributed by atoms with E-state index in [4.69, 9.17) is 0 Å². The van der Waals surface area contributed by atoms with Crippen LogP contribution < -0.4 is 5.32 Å². The van der Waals surface area contributed by atoms with E-state index in [1.54, 1.807) is 4.90 Å². The molecule has 2 amide bonds. The van der Waals surface area contributed by atoms with Crippen LogP contribution in [0.4, 0.5) is 10.1 Å². The average molecular weight is 393 g/mol. The van der Waals surface area contributed by atoms with Crippen molar-refractivity contribution >= 4 is 28.4 Å². The maximum absolute atomic E-state index is 13.0. The average Bonchev–Trinajstić information content (AvgIpc) is 3.16. The van der Waals surface area contributed by atoms with Gasteiger partial charge < -0.3 is 14.8 Å². The predicted octanol–water partition coefficient (Wildman–Crippen LogP) is 4.29. The molecule has 0 atom stereocenters. The van der Waals surface area contributed by atoms with Crippen LogP contribution in [0.25, 0.3) is 10.9 Å². The molecule has 1 N–H and O–H groups in total. The Morgan fingerprint density at radius 3 is 2.48 bits per heavy atom. The molecule has 1 fully saturated rings. The maximum Gasteiger partial charge on any atom is 0.253 e. The summed E-state index contributed by atoms with van der Waals surface area (Å²) in [7, 11) is 0. The third-order valence-corrected chi connectivity index (χ3v) is 5.62. The molecule has 0 radical (unpaired) electrons. The van der Waals surface area contributed by atoms with E-state index in [1.165, 1.54) is 24.3 Å². The Kier molecular flexibility index (Phi) is 5.34. The van der Waals surface area contributed by atoms with Gasteiger partial charge in [0.15, 0.2) is 0 Å². The van der Waals surface area contributed by atoms with Crippen LogP contribution in [0, 0.1) is 11.7 Å². The lowest BCUT2D eigenvalue weighted by Crippen LogP contribution is -2.41. The van der Waals surface area contributed by atoms with Gasteiger partial charge in [0, 0.05) is 53.9 Å². The lowest BCUT2D eigenvalue weighted by atomic mass is 9.95. The van der Waals surface area contributed by atoms with E-state index >= 15 is 0 Å². The first-order chi connectivity index (χ1) is 14.0. The predicted molar refractivity (Wildman–Crippen MR) is 111 cm³/mol. The Labute approximate surface area is 169 Å². The monoisotopic (exact) mass is 393 g/mol. The standard InChI is InChI=1S/C23H24FN3O2/c1-2-26-12-11-18-15-20(7-8-21(18)26)25-22(28)16-9-13-27(14-10-16)23(29)17-3-5-19(24)6-4-17/h3-8,11-12,15-16H,2,9-10,13-14H2,1H3,(H,25,28). The lowest BCUT2D eigenvalue weighted by Gasteiger charge is -2.31. The molecule has 4 rings (SSSR count). The number of nitrogens with zero attached hydrogens (tertiary/aromatic N) is 2. The molecule has 2 heterocycles. The Hall–Kier alpha value is -3.15. The molecule has 0 aliphatic carbocycles. The summed E-state index contributed by atoms with van der Waals surface area (Å²) >= 11 is 0. The highest BCUT2D eigenvalue weighted by Gasteiger charge is 2.28. The minimum absolute atomic E-state index is 0.00634. The highest BCUT2D eigenvalue weighted by Crippen LogP contribution is 2.24. The molecule has 1 aliphatic rings. The first-order valence-electron chi connectivity index (χ1n) is 10.00. The van der Waals surface area contributed by atoms with Crippen molar-refractivity contribution in [1.82, 2.24) is 9.47 Å². The number of hydrogen-bond acceptors (Lipinski definition) is 2. The number of amides is 2. The Morgan fingerprint density at radius 2 is 1.79 bits per heavy atom. The van der Waals surface area contributed by atoms with Crippen LogP contribution in [0.3, 0.4) is 0 Å². The molecule has 29 heavy (non-hydrogen) atoms. The van der Waals surface area contributed by atoms with E-state index < -0.39 is 0 Å². The molecule has 5 nitrogen and oxygen atoms in total. The van der Waals surface area contributed by atoms with Crippen LogP contribution >= 0.6 is 0 Å². The lowest BCUT2D eigenvalue weighted by molar-refractivity contribution is -0.121. The van der Waals surface area contributed by atoms with Crippen LogP contribution in [-0.4, -0.2) is 34.4 Å². The molecule has 150 valence electrons. The highest BCUT2D eigenvalue weighted by atomic mass is 19.1. The summed E-state index contributed by atoms with van der Waals surface area (Å²) in [6.07, 6.45) is 3.28. The van der Waals surface area contributed by atoms with E-state index in [0.717, 1.165) is 23.1 Å². The number of piperidine rings is 1. The number of fused-ring (bicyclic) bond motifs is 1. The molecule has 1 saturated heterocycles. The molecule has 2 aromatic carbocycles. The van der Waals surface area contributed by atoms with Gasteiger partial charge in [0.25, 0.3) is 5.91 Å². The van der Waals surface area contributed by atoms with Gasteiger partial charge in [0.1, 0.15) is 5.82 Å². The number of benzene rings is 2. The zero-order valence-corrected chi connectivity index (χ0v) is 16.4. The molecule has 3 aromatic rings. The fraction of sp³-hybridized carbons (Fsp3) is 0.304. The van der Waals surface area contributed by atoms with Crippen molar-refractivity contribution < 1.29 is 14.0 Å². The Bertz CT molecular complexity index is 1030. The number of hydrogen-bond donors (Lipinski definition) is 1. The summed E-state index contributed by atoms with van der Waals surface area (Å²) in [4.78, 5) is 27.0. The second kappa shape index (κ2) is 8.07. The fourth-order valence-electron chi connectivity index (χ4n) is 3.92. The second-order valence-corrected chi connectivity index (χ2v) is 7.44. The number of aromatic nitrogens is 1. The van der Waals surface area contributed by atoms with Gasteiger partial charge >= 0.3 is 0 Å². The molecular weight excluding hydrogens is 369 g/mol. The molecule has 1 aliphatic heterocycles. The van der Waals surface area contributed by atoms with Crippen LogP contribution in [0.1, 0.15) is 30.1 Å². The first-order valence-corrected chi connectivity index (χ1v) is 10.00. The van der Waals surface area contributed by atoms with Crippen molar-refractivity contribution in [3.63, 3.8) is 0 Å². The summed E-state index contributed by atoms with van der Waals surface area (Å²) in [5, 5.41) is 4.12. The molecule has 0 bridgehead atoms. The van der Waals surface area contributed by atoms with Crippen LogP contribution in [0.5, 0.6) is 0 Å². The number of anilines is 1. The van der Waals surface area contributed by atoms with Crippen molar-refractivity contribution in [1.29, 1.82) is 0 Å². The summed E-state index contributed by atoms with van der Waals surface area (Å²) in [5.74, 6) is -0.604. The summed E-state index contributed by atoms with van der Waals surface area (Å²) in [6, 6.07) is 13.6. The van der Waals surface area contributed by atoms with Gasteiger partial charge in [0.2, 0.25) is 5.91 Å². The number of nitrogens with one attached hydrogen (secondary N) is 1. The minimum atomic E-state index is -0.360. The summed E-state index contributed by atoms with van der Waals surface area (Å²) < 4.78 is 15.2. The molecule has 0 saturated carbocycles. The molecule has 6 heteroatoms. The van der Waals surface area contributed by atoms with Crippen molar-refractivity contribution in [3.8, 4) is 0 Å². The third-order valence-electron chi connectivity index (χ3n) is 5.62. The number of carbonyl (C=O) groups is 2. The number of carbonyl (C=O) groups excluding carboxylic acids is 2. The molecule has 1 aromatic heterocycles. The van der Waals surface area contributed by atoms with Crippen molar-refractivity contribution in [2.45, 2.75) is 26.3 Å². The van der Waals surface area contributed by atoms with Crippen molar-refractivity contribution in [2.75, 3.05) is 18.4 Å². The molecule has 0 spiro atoms. The van der Waals surface area contributed by atoms with Gasteiger partial charge in [-0.3, -0.25) is 9.59 Å². The summed E-state index contributed by atoms with van der Waals surface area (Å²) in [6.45, 7) is 4.05. The van der Waals surface area contributed by atoms with Gasteiger partial charge in [0.05, 0.1) is 0 Å². The second-order valence-electron chi connectivity index (χ2n) is 7.44. The van der Waals surface area contributed by atoms with E-state index in [1.807, 2.05) is 30.5 Å². The Balaban J connectivity index is 1.35. The van der Waals surface area contributed by atoms with Gasteiger partial charge in [-0.25, -0.2) is 4.39 Å². The zero-order chi connectivity index (χ0) is 20.4. The largest absolute Gasteiger partial charge is 0.348 e. The van der Waals surface area contributed by atoms with Crippen LogP contribution in [0.2, 0.25) is 0 Å². The summed E-state index contributed by atoms with van der Waals surface area (Å²) in [5.41, 5.74) is 2.42. The van der Waals surface area contributed by atoms with Gasteiger partial charge in [-0.2, -0.15) is 0 Å².